The molecule has 0 bridgehead atoms. The summed E-state index contributed by atoms with van der Waals surface area (Å²) in [6, 6.07) is 13.1. The predicted molar refractivity (Wildman–Crippen MR) is 127 cm³/mol. The molecule has 0 aliphatic heterocycles. The van der Waals surface area contributed by atoms with Gasteiger partial charge in [-0.25, -0.2) is 8.42 Å². The second-order valence-electron chi connectivity index (χ2n) is 8.27. The third kappa shape index (κ3) is 6.80. The minimum absolute atomic E-state index is 0.0904. The Morgan fingerprint density at radius 1 is 0.969 bits per heavy atom. The van der Waals surface area contributed by atoms with Crippen LogP contribution in [0, 0.1) is 0 Å². The van der Waals surface area contributed by atoms with Crippen LogP contribution in [0.2, 0.25) is 0 Å². The molecule has 2 aromatic rings. The highest BCUT2D eigenvalue weighted by atomic mass is 32.2. The molecular weight excluding hydrogens is 428 g/mol. The van der Waals surface area contributed by atoms with Crippen molar-refractivity contribution < 1.29 is 18.0 Å². The molecule has 2 aromatic carbocycles. The monoisotopic (exact) mass is 460 g/mol. The zero-order valence-electron chi connectivity index (χ0n) is 19.2. The summed E-state index contributed by atoms with van der Waals surface area (Å²) in [6.45, 7) is 9.86. The Hall–Kier alpha value is -2.91. The van der Waals surface area contributed by atoms with Gasteiger partial charge in [0.1, 0.15) is 0 Å². The standard InChI is InChI=1S/C23H32N4O4S/c1-6-27(7-2)32(30,31)18-12-10-11-17(15-18)25-21(28)16-24-20-14-9-8-13-19(20)22(29)26-23(3,4)5/h8-15,24H,6-7,16H2,1-5H3,(H,25,28)(H,26,29). The van der Waals surface area contributed by atoms with Crippen LogP contribution in [0.3, 0.4) is 0 Å². The van der Waals surface area contributed by atoms with Crippen molar-refractivity contribution in [2.24, 2.45) is 0 Å². The smallest absolute Gasteiger partial charge is 0.253 e. The summed E-state index contributed by atoms with van der Waals surface area (Å²) in [5.41, 5.74) is 0.950. The van der Waals surface area contributed by atoms with Crippen molar-refractivity contribution in [1.29, 1.82) is 0 Å². The summed E-state index contributed by atoms with van der Waals surface area (Å²) in [6.07, 6.45) is 0. The number of amides is 2. The fourth-order valence-corrected chi connectivity index (χ4v) is 4.58. The fraction of sp³-hybridized carbons (Fsp3) is 0.391. The van der Waals surface area contributed by atoms with Crippen LogP contribution in [0.1, 0.15) is 45.0 Å². The predicted octanol–water partition coefficient (Wildman–Crippen LogP) is 3.30. The first-order valence-electron chi connectivity index (χ1n) is 10.5. The summed E-state index contributed by atoms with van der Waals surface area (Å²) in [4.78, 5) is 25.1. The Kier molecular flexibility index (Phi) is 8.40. The molecule has 0 aliphatic rings. The second kappa shape index (κ2) is 10.6. The molecule has 0 heterocycles. The van der Waals surface area contributed by atoms with Crippen molar-refractivity contribution in [3.63, 3.8) is 0 Å². The second-order valence-corrected chi connectivity index (χ2v) is 10.2. The van der Waals surface area contributed by atoms with E-state index in [0.29, 0.717) is 30.0 Å². The topological polar surface area (TPSA) is 108 Å². The van der Waals surface area contributed by atoms with Gasteiger partial charge in [-0.05, 0) is 51.1 Å². The largest absolute Gasteiger partial charge is 0.376 e. The zero-order valence-corrected chi connectivity index (χ0v) is 20.0. The van der Waals surface area contributed by atoms with Gasteiger partial charge in [-0.15, -0.1) is 0 Å². The highest BCUT2D eigenvalue weighted by Crippen LogP contribution is 2.20. The summed E-state index contributed by atoms with van der Waals surface area (Å²) < 4.78 is 26.8. The number of carbonyl (C=O) groups excluding carboxylic acids is 2. The molecule has 2 rings (SSSR count). The summed E-state index contributed by atoms with van der Waals surface area (Å²) in [5, 5.41) is 8.59. The van der Waals surface area contributed by atoms with Crippen molar-refractivity contribution in [3.05, 3.63) is 54.1 Å². The molecule has 0 saturated carbocycles. The zero-order chi connectivity index (χ0) is 23.9. The van der Waals surface area contributed by atoms with Gasteiger partial charge in [0.25, 0.3) is 5.91 Å². The molecule has 0 saturated heterocycles. The Labute approximate surface area is 190 Å². The van der Waals surface area contributed by atoms with Gasteiger partial charge in [-0.3, -0.25) is 9.59 Å². The van der Waals surface area contributed by atoms with Gasteiger partial charge in [0, 0.05) is 30.0 Å². The molecular formula is C23H32N4O4S. The van der Waals surface area contributed by atoms with Gasteiger partial charge < -0.3 is 16.0 Å². The fourth-order valence-electron chi connectivity index (χ4n) is 3.07. The highest BCUT2D eigenvalue weighted by Gasteiger charge is 2.22. The van der Waals surface area contributed by atoms with Gasteiger partial charge >= 0.3 is 0 Å². The SMILES string of the molecule is CCN(CC)S(=O)(=O)c1cccc(NC(=O)CNc2ccccc2C(=O)NC(C)(C)C)c1. The van der Waals surface area contributed by atoms with Crippen LogP contribution in [0.15, 0.2) is 53.4 Å². The molecule has 2 amide bonds. The number of benzene rings is 2. The number of hydrogen-bond acceptors (Lipinski definition) is 5. The van der Waals surface area contributed by atoms with Gasteiger partial charge in [0.2, 0.25) is 15.9 Å². The van der Waals surface area contributed by atoms with Gasteiger partial charge in [-0.2, -0.15) is 4.31 Å². The molecule has 9 heteroatoms. The molecule has 0 atom stereocenters. The maximum atomic E-state index is 12.7. The summed E-state index contributed by atoms with van der Waals surface area (Å²) >= 11 is 0. The number of rotatable bonds is 9. The van der Waals surface area contributed by atoms with Crippen LogP contribution in [0.25, 0.3) is 0 Å². The Bertz CT molecular complexity index is 1060. The molecule has 0 aliphatic carbocycles. The Morgan fingerprint density at radius 2 is 1.62 bits per heavy atom. The normalized spacial score (nSPS) is 11.8. The molecule has 0 fully saturated rings. The first-order chi connectivity index (χ1) is 15.0. The number of hydrogen-bond donors (Lipinski definition) is 3. The van der Waals surface area contributed by atoms with Crippen LogP contribution in [-0.2, 0) is 14.8 Å². The third-order valence-corrected chi connectivity index (χ3v) is 6.61. The van der Waals surface area contributed by atoms with Gasteiger partial charge in [-0.1, -0.05) is 32.0 Å². The van der Waals surface area contributed by atoms with E-state index in [1.165, 1.54) is 16.4 Å². The molecule has 0 spiro atoms. The minimum atomic E-state index is -3.62. The van der Waals surface area contributed by atoms with Crippen molar-refractivity contribution in [2.75, 3.05) is 30.3 Å². The average molecular weight is 461 g/mol. The molecule has 174 valence electrons. The van der Waals surface area contributed by atoms with E-state index < -0.39 is 15.6 Å². The first kappa shape index (κ1) is 25.4. The van der Waals surface area contributed by atoms with E-state index in [9.17, 15) is 18.0 Å². The van der Waals surface area contributed by atoms with Crippen LogP contribution in [0.5, 0.6) is 0 Å². The maximum absolute atomic E-state index is 12.7. The van der Waals surface area contributed by atoms with Crippen LogP contribution < -0.4 is 16.0 Å². The number of nitrogens with one attached hydrogen (secondary N) is 3. The van der Waals surface area contributed by atoms with E-state index in [2.05, 4.69) is 16.0 Å². The van der Waals surface area contributed by atoms with Crippen LogP contribution >= 0.6 is 0 Å². The van der Waals surface area contributed by atoms with E-state index in [4.69, 9.17) is 0 Å². The lowest BCUT2D eigenvalue weighted by molar-refractivity contribution is -0.114. The van der Waals surface area contributed by atoms with E-state index in [1.807, 2.05) is 20.8 Å². The van der Waals surface area contributed by atoms with E-state index >= 15 is 0 Å². The molecule has 0 unspecified atom stereocenters. The lowest BCUT2D eigenvalue weighted by Crippen LogP contribution is -2.40. The molecule has 8 nitrogen and oxygen atoms in total. The highest BCUT2D eigenvalue weighted by molar-refractivity contribution is 7.89. The third-order valence-electron chi connectivity index (χ3n) is 4.56. The van der Waals surface area contributed by atoms with Crippen LogP contribution in [0.4, 0.5) is 11.4 Å². The van der Waals surface area contributed by atoms with Crippen molar-refractivity contribution in [2.45, 2.75) is 45.1 Å². The Balaban J connectivity index is 2.09. The number of nitrogens with zero attached hydrogens (tertiary/aromatic N) is 1. The summed E-state index contributed by atoms with van der Waals surface area (Å²) in [7, 11) is -3.62. The quantitative estimate of drug-likeness (QED) is 0.532. The number of para-hydroxylation sites is 1. The molecule has 32 heavy (non-hydrogen) atoms. The molecule has 0 radical (unpaired) electrons. The first-order valence-corrected chi connectivity index (χ1v) is 12.0. The lowest BCUT2D eigenvalue weighted by atomic mass is 10.1. The lowest BCUT2D eigenvalue weighted by Gasteiger charge is -2.21. The summed E-state index contributed by atoms with van der Waals surface area (Å²) in [5.74, 6) is -0.608. The minimum Gasteiger partial charge on any atom is -0.376 e. The van der Waals surface area contributed by atoms with E-state index in [-0.39, 0.29) is 23.3 Å². The number of carbonyl (C=O) groups is 2. The molecule has 3 N–H and O–H groups in total. The van der Waals surface area contributed by atoms with Crippen LogP contribution in [-0.4, -0.2) is 49.7 Å². The maximum Gasteiger partial charge on any atom is 0.253 e. The Morgan fingerprint density at radius 3 is 2.25 bits per heavy atom. The van der Waals surface area contributed by atoms with E-state index in [1.54, 1.807) is 50.2 Å². The number of anilines is 2. The van der Waals surface area contributed by atoms with Crippen molar-refractivity contribution in [1.82, 2.24) is 9.62 Å². The van der Waals surface area contributed by atoms with E-state index in [0.717, 1.165) is 0 Å². The van der Waals surface area contributed by atoms with Gasteiger partial charge in [0.15, 0.2) is 0 Å². The van der Waals surface area contributed by atoms with Gasteiger partial charge in [0.05, 0.1) is 17.0 Å². The molecule has 0 aromatic heterocycles. The van der Waals surface area contributed by atoms with Crippen molar-refractivity contribution in [3.8, 4) is 0 Å². The number of sulfonamides is 1. The average Bonchev–Trinajstić information content (AvgIpc) is 2.72. The van der Waals surface area contributed by atoms with Crippen molar-refractivity contribution >= 4 is 33.2 Å².